The van der Waals surface area contributed by atoms with Crippen molar-refractivity contribution in [3.63, 3.8) is 0 Å². The fourth-order valence-electron chi connectivity index (χ4n) is 3.58. The maximum absolute atomic E-state index is 12.7. The summed E-state index contributed by atoms with van der Waals surface area (Å²) in [5.74, 6) is 0.0534. The zero-order valence-electron chi connectivity index (χ0n) is 17.0. The lowest BCUT2D eigenvalue weighted by molar-refractivity contribution is -0.126. The van der Waals surface area contributed by atoms with Gasteiger partial charge < -0.3 is 10.6 Å². The third-order valence-electron chi connectivity index (χ3n) is 5.39. The minimum absolute atomic E-state index is 0.0568. The van der Waals surface area contributed by atoms with Crippen LogP contribution in [-0.4, -0.2) is 41.3 Å². The van der Waals surface area contributed by atoms with Crippen LogP contribution in [0.2, 0.25) is 0 Å². The van der Waals surface area contributed by atoms with Gasteiger partial charge in [0.15, 0.2) is 0 Å². The number of aromatic nitrogens is 1. The summed E-state index contributed by atoms with van der Waals surface area (Å²) in [6.07, 6.45) is 2.94. The van der Waals surface area contributed by atoms with Crippen molar-refractivity contribution in [3.8, 4) is 0 Å². The molecule has 1 fully saturated rings. The molecule has 29 heavy (non-hydrogen) atoms. The van der Waals surface area contributed by atoms with E-state index in [0.29, 0.717) is 25.9 Å². The first kappa shape index (κ1) is 21.5. The third kappa shape index (κ3) is 6.94. The van der Waals surface area contributed by atoms with Crippen molar-refractivity contribution in [2.24, 2.45) is 5.92 Å². The van der Waals surface area contributed by atoms with Crippen molar-refractivity contribution in [2.75, 3.05) is 19.6 Å². The van der Waals surface area contributed by atoms with Gasteiger partial charge in [-0.2, -0.15) is 0 Å². The summed E-state index contributed by atoms with van der Waals surface area (Å²) in [6, 6.07) is 9.94. The van der Waals surface area contributed by atoms with Crippen LogP contribution >= 0.6 is 11.3 Å². The van der Waals surface area contributed by atoms with Crippen molar-refractivity contribution in [3.05, 3.63) is 52.0 Å². The molecule has 2 aromatic rings. The van der Waals surface area contributed by atoms with Crippen molar-refractivity contribution in [2.45, 2.75) is 45.7 Å². The Morgan fingerprint density at radius 2 is 2.10 bits per heavy atom. The second kappa shape index (κ2) is 11.1. The average molecular weight is 415 g/mol. The molecule has 0 saturated carbocycles. The summed E-state index contributed by atoms with van der Waals surface area (Å²) in [5.41, 5.74) is 4.03. The van der Waals surface area contributed by atoms with Gasteiger partial charge in [-0.1, -0.05) is 30.3 Å². The van der Waals surface area contributed by atoms with Crippen molar-refractivity contribution in [1.29, 1.82) is 0 Å². The van der Waals surface area contributed by atoms with E-state index in [1.165, 1.54) is 4.88 Å². The quantitative estimate of drug-likeness (QED) is 0.789. The van der Waals surface area contributed by atoms with Crippen molar-refractivity contribution in [1.82, 2.24) is 20.5 Å². The Labute approximate surface area is 176 Å². The zero-order valence-corrected chi connectivity index (χ0v) is 17.8. The zero-order chi connectivity index (χ0) is 20.5. The number of nitrogens with one attached hydrogen (secondary N) is 2. The van der Waals surface area contributed by atoms with Crippen LogP contribution in [-0.2, 0) is 22.7 Å². The summed E-state index contributed by atoms with van der Waals surface area (Å²) in [5, 5.41) is 6.04. The summed E-state index contributed by atoms with van der Waals surface area (Å²) < 4.78 is 0. The standard InChI is InChI=1S/C22H30N4O2S/c1-17-20(29-16-25-17)15-26-12-5-8-19(9-11-23-21(27)10-13-26)22(28)24-14-18-6-3-2-4-7-18/h2-4,6-7,16,19H,5,8-15H2,1H3,(H,23,27)(H,24,28). The smallest absolute Gasteiger partial charge is 0.223 e. The molecule has 2 N–H and O–H groups in total. The number of rotatable bonds is 5. The van der Waals surface area contributed by atoms with Crippen LogP contribution in [0.25, 0.3) is 0 Å². The molecule has 0 bridgehead atoms. The van der Waals surface area contributed by atoms with Crippen LogP contribution in [0.4, 0.5) is 0 Å². The summed E-state index contributed by atoms with van der Waals surface area (Å²) in [4.78, 5) is 32.8. The second-order valence-electron chi connectivity index (χ2n) is 7.57. The molecule has 1 aromatic heterocycles. The van der Waals surface area contributed by atoms with Crippen molar-refractivity contribution >= 4 is 23.2 Å². The molecule has 1 saturated heterocycles. The van der Waals surface area contributed by atoms with Crippen molar-refractivity contribution < 1.29 is 9.59 Å². The van der Waals surface area contributed by atoms with E-state index in [-0.39, 0.29) is 17.7 Å². The van der Waals surface area contributed by atoms with Gasteiger partial charge in [0, 0.05) is 43.4 Å². The Morgan fingerprint density at radius 3 is 2.86 bits per heavy atom. The number of carbonyl (C=O) groups is 2. The molecule has 1 aliphatic heterocycles. The van der Waals surface area contributed by atoms with Gasteiger partial charge in [0.05, 0.1) is 11.2 Å². The largest absolute Gasteiger partial charge is 0.356 e. The molecule has 2 heterocycles. The number of hydrogen-bond donors (Lipinski definition) is 2. The van der Waals surface area contributed by atoms with Gasteiger partial charge in [-0.15, -0.1) is 11.3 Å². The Morgan fingerprint density at radius 1 is 1.28 bits per heavy atom. The second-order valence-corrected chi connectivity index (χ2v) is 8.51. The summed E-state index contributed by atoms with van der Waals surface area (Å²) in [7, 11) is 0. The Kier molecular flexibility index (Phi) is 8.19. The van der Waals surface area contributed by atoms with Gasteiger partial charge in [-0.25, -0.2) is 4.98 Å². The Balaban J connectivity index is 1.56. The number of aryl methyl sites for hydroxylation is 1. The van der Waals surface area contributed by atoms with Crippen LogP contribution in [0, 0.1) is 12.8 Å². The topological polar surface area (TPSA) is 74.3 Å². The Bertz CT molecular complexity index is 793. The maximum Gasteiger partial charge on any atom is 0.223 e. The molecule has 1 atom stereocenters. The normalized spacial score (nSPS) is 19.2. The van der Waals surface area contributed by atoms with E-state index in [0.717, 1.165) is 43.7 Å². The highest BCUT2D eigenvalue weighted by molar-refractivity contribution is 7.09. The highest BCUT2D eigenvalue weighted by Crippen LogP contribution is 2.18. The number of nitrogens with zero attached hydrogens (tertiary/aromatic N) is 2. The first-order chi connectivity index (χ1) is 14.1. The highest BCUT2D eigenvalue weighted by Gasteiger charge is 2.20. The Hall–Kier alpha value is -2.25. The van der Waals surface area contributed by atoms with Gasteiger partial charge in [-0.05, 0) is 38.3 Å². The first-order valence-corrected chi connectivity index (χ1v) is 11.2. The summed E-state index contributed by atoms with van der Waals surface area (Å²) in [6.45, 7) is 5.54. The molecule has 0 spiro atoms. The summed E-state index contributed by atoms with van der Waals surface area (Å²) >= 11 is 1.66. The number of benzene rings is 1. The minimum atomic E-state index is -0.0795. The van der Waals surface area contributed by atoms with E-state index in [9.17, 15) is 9.59 Å². The fourth-order valence-corrected chi connectivity index (χ4v) is 4.40. The van der Waals surface area contributed by atoms with Crippen LogP contribution < -0.4 is 10.6 Å². The van der Waals surface area contributed by atoms with E-state index < -0.39 is 0 Å². The van der Waals surface area contributed by atoms with E-state index in [4.69, 9.17) is 0 Å². The predicted molar refractivity (Wildman–Crippen MR) is 115 cm³/mol. The molecule has 7 heteroatoms. The lowest BCUT2D eigenvalue weighted by Crippen LogP contribution is -2.33. The SMILES string of the molecule is Cc1ncsc1CN1CCCC(C(=O)NCc2ccccc2)CCNC(=O)CC1. The number of thiazole rings is 1. The minimum Gasteiger partial charge on any atom is -0.356 e. The molecule has 1 unspecified atom stereocenters. The molecule has 156 valence electrons. The van der Waals surface area contributed by atoms with Gasteiger partial charge in [-0.3, -0.25) is 14.5 Å². The first-order valence-electron chi connectivity index (χ1n) is 10.3. The molecular formula is C22H30N4O2S. The average Bonchev–Trinajstić information content (AvgIpc) is 3.12. The van der Waals surface area contributed by atoms with Crippen LogP contribution in [0.3, 0.4) is 0 Å². The maximum atomic E-state index is 12.7. The molecule has 0 radical (unpaired) electrons. The van der Waals surface area contributed by atoms with E-state index in [1.54, 1.807) is 11.3 Å². The molecule has 6 nitrogen and oxygen atoms in total. The van der Waals surface area contributed by atoms with Crippen LogP contribution in [0.15, 0.2) is 35.8 Å². The predicted octanol–water partition coefficient (Wildman–Crippen LogP) is 2.88. The fraction of sp³-hybridized carbons (Fsp3) is 0.500. The van der Waals surface area contributed by atoms with Gasteiger partial charge in [0.2, 0.25) is 11.8 Å². The molecule has 3 rings (SSSR count). The van der Waals surface area contributed by atoms with Crippen LogP contribution in [0.5, 0.6) is 0 Å². The molecule has 0 aliphatic carbocycles. The van der Waals surface area contributed by atoms with E-state index >= 15 is 0 Å². The molecular weight excluding hydrogens is 384 g/mol. The van der Waals surface area contributed by atoms with Gasteiger partial charge in [0.1, 0.15) is 0 Å². The monoisotopic (exact) mass is 414 g/mol. The van der Waals surface area contributed by atoms with Crippen LogP contribution in [0.1, 0.15) is 41.8 Å². The lowest BCUT2D eigenvalue weighted by Gasteiger charge is -2.22. The molecule has 1 aromatic carbocycles. The highest BCUT2D eigenvalue weighted by atomic mass is 32.1. The number of carbonyl (C=O) groups excluding carboxylic acids is 2. The number of hydrogen-bond acceptors (Lipinski definition) is 5. The van der Waals surface area contributed by atoms with Gasteiger partial charge in [0.25, 0.3) is 0 Å². The van der Waals surface area contributed by atoms with Gasteiger partial charge >= 0.3 is 0 Å². The lowest BCUT2D eigenvalue weighted by atomic mass is 9.98. The van der Waals surface area contributed by atoms with E-state index in [2.05, 4.69) is 20.5 Å². The number of amides is 2. The molecule has 1 aliphatic rings. The third-order valence-corrected chi connectivity index (χ3v) is 6.31. The van der Waals surface area contributed by atoms with E-state index in [1.807, 2.05) is 42.8 Å². The molecule has 2 amide bonds.